The van der Waals surface area contributed by atoms with Gasteiger partial charge in [-0.25, -0.2) is 9.59 Å². The van der Waals surface area contributed by atoms with Crippen molar-refractivity contribution in [2.24, 2.45) is 5.92 Å². The lowest BCUT2D eigenvalue weighted by Crippen LogP contribution is -2.48. The monoisotopic (exact) mass is 569 g/mol. The molecule has 2 aromatic rings. The summed E-state index contributed by atoms with van der Waals surface area (Å²) in [5.41, 5.74) is 1.68. The molecule has 0 aromatic heterocycles. The van der Waals surface area contributed by atoms with E-state index in [1.807, 2.05) is 20.8 Å². The number of nitrogens with zero attached hydrogens (tertiary/aromatic N) is 2. The van der Waals surface area contributed by atoms with Crippen molar-refractivity contribution in [3.8, 4) is 17.2 Å². The summed E-state index contributed by atoms with van der Waals surface area (Å²) in [4.78, 5) is 41.9. The molecule has 5 amide bonds. The van der Waals surface area contributed by atoms with Gasteiger partial charge in [0.2, 0.25) is 12.7 Å². The van der Waals surface area contributed by atoms with E-state index in [0.29, 0.717) is 40.7 Å². The van der Waals surface area contributed by atoms with Gasteiger partial charge in [-0.3, -0.25) is 4.79 Å². The molecule has 41 heavy (non-hydrogen) atoms. The van der Waals surface area contributed by atoms with Crippen molar-refractivity contribution in [3.63, 3.8) is 0 Å². The van der Waals surface area contributed by atoms with Crippen molar-refractivity contribution in [2.75, 3.05) is 44.2 Å². The Morgan fingerprint density at radius 2 is 1.73 bits per heavy atom. The number of fused-ring (bicyclic) bond motifs is 2. The summed E-state index contributed by atoms with van der Waals surface area (Å²) < 4.78 is 17.2. The maximum absolute atomic E-state index is 13.4. The lowest BCUT2D eigenvalue weighted by atomic mass is 10.0. The molecule has 2 heterocycles. The Morgan fingerprint density at radius 1 is 1.05 bits per heavy atom. The molecule has 0 bridgehead atoms. The fraction of sp³-hybridized carbons (Fsp3) is 0.483. The molecule has 2 aliphatic heterocycles. The summed E-state index contributed by atoms with van der Waals surface area (Å²) in [6, 6.07) is 9.20. The fourth-order valence-electron chi connectivity index (χ4n) is 4.70. The second-order valence-corrected chi connectivity index (χ2v) is 10.8. The van der Waals surface area contributed by atoms with Crippen LogP contribution in [0.25, 0.3) is 0 Å². The van der Waals surface area contributed by atoms with Gasteiger partial charge in [0.15, 0.2) is 11.5 Å². The first-order valence-electron chi connectivity index (χ1n) is 13.7. The first-order valence-corrected chi connectivity index (χ1v) is 13.7. The van der Waals surface area contributed by atoms with E-state index in [1.54, 1.807) is 55.3 Å². The van der Waals surface area contributed by atoms with Crippen LogP contribution < -0.4 is 30.2 Å². The highest BCUT2D eigenvalue weighted by molar-refractivity contribution is 5.90. The van der Waals surface area contributed by atoms with Gasteiger partial charge < -0.3 is 45.1 Å². The van der Waals surface area contributed by atoms with Gasteiger partial charge in [0.1, 0.15) is 11.9 Å². The summed E-state index contributed by atoms with van der Waals surface area (Å²) in [6.45, 7) is 7.98. The summed E-state index contributed by atoms with van der Waals surface area (Å²) in [7, 11) is 1.67. The number of anilines is 2. The third-order valence-electron chi connectivity index (χ3n) is 7.02. The molecule has 3 atom stereocenters. The number of aliphatic hydroxyl groups is 1. The lowest BCUT2D eigenvalue weighted by molar-refractivity contribution is -0.134. The van der Waals surface area contributed by atoms with Crippen LogP contribution in [0.3, 0.4) is 0 Å². The second kappa shape index (κ2) is 13.0. The number of ether oxygens (including phenoxy) is 3. The smallest absolute Gasteiger partial charge is 0.321 e. The predicted octanol–water partition coefficient (Wildman–Crippen LogP) is 3.26. The number of rotatable bonds is 7. The van der Waals surface area contributed by atoms with Gasteiger partial charge in [0.25, 0.3) is 0 Å². The van der Waals surface area contributed by atoms with E-state index in [1.165, 1.54) is 4.90 Å². The molecule has 222 valence electrons. The van der Waals surface area contributed by atoms with Gasteiger partial charge in [-0.1, -0.05) is 6.92 Å². The van der Waals surface area contributed by atoms with Crippen LogP contribution >= 0.6 is 0 Å². The molecule has 0 saturated carbocycles. The van der Waals surface area contributed by atoms with Crippen molar-refractivity contribution in [1.29, 1.82) is 0 Å². The van der Waals surface area contributed by atoms with E-state index < -0.39 is 12.1 Å². The van der Waals surface area contributed by atoms with Crippen LogP contribution in [0.15, 0.2) is 36.4 Å². The number of amides is 5. The second-order valence-electron chi connectivity index (χ2n) is 10.8. The normalized spacial score (nSPS) is 18.8. The minimum absolute atomic E-state index is 0.0286. The number of carbonyl (C=O) groups excluding carboxylic acids is 3. The molecule has 0 unspecified atom stereocenters. The van der Waals surface area contributed by atoms with Gasteiger partial charge in [0.05, 0.1) is 25.6 Å². The molecule has 0 radical (unpaired) electrons. The number of likely N-dealkylation sites (N-methyl/N-ethyl adjacent to an activating group) is 1. The zero-order valence-electron chi connectivity index (χ0n) is 24.1. The number of urea groups is 2. The average molecular weight is 570 g/mol. The number of benzene rings is 2. The molecule has 0 spiro atoms. The Morgan fingerprint density at radius 3 is 2.44 bits per heavy atom. The average Bonchev–Trinajstić information content (AvgIpc) is 3.40. The molecule has 2 aromatic carbocycles. The number of nitrogens with one attached hydrogen (secondary N) is 3. The van der Waals surface area contributed by atoms with Gasteiger partial charge in [0, 0.05) is 48.6 Å². The van der Waals surface area contributed by atoms with Crippen LogP contribution in [0.5, 0.6) is 17.2 Å². The van der Waals surface area contributed by atoms with E-state index in [0.717, 1.165) is 0 Å². The highest BCUT2D eigenvalue weighted by Crippen LogP contribution is 2.34. The quantitative estimate of drug-likeness (QED) is 0.401. The van der Waals surface area contributed by atoms with E-state index in [-0.39, 0.29) is 56.3 Å². The van der Waals surface area contributed by atoms with Crippen molar-refractivity contribution in [2.45, 2.75) is 52.3 Å². The van der Waals surface area contributed by atoms with E-state index in [2.05, 4.69) is 16.0 Å². The third kappa shape index (κ3) is 7.51. The van der Waals surface area contributed by atoms with Gasteiger partial charge in [-0.15, -0.1) is 0 Å². The molecule has 0 aliphatic carbocycles. The van der Waals surface area contributed by atoms with Crippen molar-refractivity contribution >= 4 is 29.3 Å². The number of carbonyl (C=O) groups is 3. The molecule has 4 N–H and O–H groups in total. The highest BCUT2D eigenvalue weighted by Gasteiger charge is 2.32. The number of hydrogen-bond acceptors (Lipinski definition) is 7. The molecule has 12 nitrogen and oxygen atoms in total. The lowest BCUT2D eigenvalue weighted by Gasteiger charge is -2.34. The minimum Gasteiger partial charge on any atom is -0.488 e. The Kier molecular flexibility index (Phi) is 9.43. The first-order chi connectivity index (χ1) is 19.5. The first kappa shape index (κ1) is 29.8. The van der Waals surface area contributed by atoms with Crippen molar-refractivity contribution in [1.82, 2.24) is 15.1 Å². The molecular weight excluding hydrogens is 530 g/mol. The Bertz CT molecular complexity index is 1270. The summed E-state index contributed by atoms with van der Waals surface area (Å²) >= 11 is 0. The Hall–Kier alpha value is -4.19. The molecule has 2 aliphatic rings. The molecule has 12 heteroatoms. The van der Waals surface area contributed by atoms with E-state index in [9.17, 15) is 19.5 Å². The molecular formula is C29H39N5O7. The van der Waals surface area contributed by atoms with Gasteiger partial charge >= 0.3 is 12.1 Å². The highest BCUT2D eigenvalue weighted by atomic mass is 16.7. The van der Waals surface area contributed by atoms with Crippen LogP contribution in [0.1, 0.15) is 33.3 Å². The van der Waals surface area contributed by atoms with E-state index >= 15 is 0 Å². The maximum atomic E-state index is 13.4. The number of hydrogen-bond donors (Lipinski definition) is 4. The molecule has 0 fully saturated rings. The summed E-state index contributed by atoms with van der Waals surface area (Å²) in [6.07, 6.45) is -0.454. The Balaban J connectivity index is 1.55. The predicted molar refractivity (Wildman–Crippen MR) is 153 cm³/mol. The Labute approximate surface area is 239 Å². The van der Waals surface area contributed by atoms with Gasteiger partial charge in [-0.2, -0.15) is 0 Å². The van der Waals surface area contributed by atoms with Crippen LogP contribution in [0.4, 0.5) is 21.0 Å². The van der Waals surface area contributed by atoms with Crippen LogP contribution in [0, 0.1) is 5.92 Å². The van der Waals surface area contributed by atoms with Gasteiger partial charge in [-0.05, 0) is 51.1 Å². The largest absolute Gasteiger partial charge is 0.488 e. The standard InChI is InChI=1S/C29H39N5O7/c1-17(2)30-28(37)31-21-6-8-23-20(10-21)11-27(36)34(19(4)15-35)13-18(3)26(41-23)14-33(5)29(38)32-22-7-9-24-25(12-22)40-16-39-24/h6-10,12,17-19,26,35H,11,13-16H2,1-5H3,(H,32,38)(H2,30,31,37)/t18-,19+,26-/m1/s1. The summed E-state index contributed by atoms with van der Waals surface area (Å²) in [5, 5.41) is 18.3. The number of aliphatic hydroxyl groups excluding tert-OH is 1. The van der Waals surface area contributed by atoms with Crippen LogP contribution in [-0.4, -0.2) is 84.6 Å². The van der Waals surface area contributed by atoms with Crippen molar-refractivity contribution < 1.29 is 33.7 Å². The molecule has 4 rings (SSSR count). The zero-order chi connectivity index (χ0) is 29.7. The SMILES string of the molecule is CC(C)NC(=O)Nc1ccc2c(c1)CC(=O)N([C@@H](C)CO)C[C@@H](C)[C@@H](CN(C)C(=O)Nc1ccc3c(c1)OCO3)O2. The minimum atomic E-state index is -0.483. The fourth-order valence-corrected chi connectivity index (χ4v) is 4.70. The summed E-state index contributed by atoms with van der Waals surface area (Å²) in [5.74, 6) is 1.33. The topological polar surface area (TPSA) is 142 Å². The van der Waals surface area contributed by atoms with E-state index in [4.69, 9.17) is 14.2 Å². The van der Waals surface area contributed by atoms with Crippen molar-refractivity contribution in [3.05, 3.63) is 42.0 Å². The zero-order valence-corrected chi connectivity index (χ0v) is 24.1. The maximum Gasteiger partial charge on any atom is 0.321 e. The van der Waals surface area contributed by atoms with Crippen LogP contribution in [0.2, 0.25) is 0 Å². The third-order valence-corrected chi connectivity index (χ3v) is 7.02. The molecule has 0 saturated heterocycles. The van der Waals surface area contributed by atoms with Crippen LogP contribution in [-0.2, 0) is 11.2 Å².